The number of carbonyl (C=O) groups excluding carboxylic acids is 1. The maximum Gasteiger partial charge on any atom is 0.164 e. The SMILES string of the molecule is C=C(C)c1ccc([C@@H]2C[C@@H]3CCC[C@H]3[C@@H]3CCC4=CC(=O)C(CO)(CCCO)CC4=C23)cc1. The predicted octanol–water partition coefficient (Wildman–Crippen LogP) is 5.98. The van der Waals surface area contributed by atoms with Crippen molar-refractivity contribution < 1.29 is 15.0 Å². The Morgan fingerprint density at radius 1 is 1.15 bits per heavy atom. The molecule has 0 spiro atoms. The van der Waals surface area contributed by atoms with E-state index in [9.17, 15) is 15.0 Å². The van der Waals surface area contributed by atoms with Crippen LogP contribution in [0.25, 0.3) is 5.57 Å². The molecular weight excluding hydrogens is 408 g/mol. The molecule has 3 heteroatoms. The standard InChI is InChI=1S/C30H38O3/c1-19(2)20-7-9-21(10-8-20)26-15-22-5-3-6-24(22)25-12-11-23-16-28(33)30(18-32,13-4-14-31)17-27(23)29(25)26/h7-10,16,22,24-26,31-32H,1,3-6,11-15,17-18H2,2H3/t22-,24+,25-,26-,30?/m0/s1. The van der Waals surface area contributed by atoms with Gasteiger partial charge in [0.25, 0.3) is 0 Å². The van der Waals surface area contributed by atoms with E-state index in [1.807, 2.05) is 6.08 Å². The van der Waals surface area contributed by atoms with Crippen molar-refractivity contribution in [2.24, 2.45) is 23.2 Å². The van der Waals surface area contributed by atoms with Gasteiger partial charge in [0.1, 0.15) is 0 Å². The number of aliphatic hydroxyl groups is 2. The van der Waals surface area contributed by atoms with E-state index in [4.69, 9.17) is 0 Å². The van der Waals surface area contributed by atoms with Gasteiger partial charge in [-0.25, -0.2) is 0 Å². The van der Waals surface area contributed by atoms with Gasteiger partial charge in [-0.2, -0.15) is 0 Å². The molecule has 33 heavy (non-hydrogen) atoms. The molecule has 0 heterocycles. The Morgan fingerprint density at radius 2 is 1.94 bits per heavy atom. The average Bonchev–Trinajstić information content (AvgIpc) is 3.31. The number of allylic oxidation sites excluding steroid dienone is 5. The molecule has 1 aromatic carbocycles. The van der Waals surface area contributed by atoms with E-state index in [1.165, 1.54) is 48.0 Å². The number of aliphatic hydroxyl groups excluding tert-OH is 2. The highest BCUT2D eigenvalue weighted by atomic mass is 16.3. The fraction of sp³-hybridized carbons (Fsp3) is 0.567. The first-order valence-electron chi connectivity index (χ1n) is 12.9. The molecular formula is C30H38O3. The van der Waals surface area contributed by atoms with Crippen LogP contribution >= 0.6 is 0 Å². The number of rotatable bonds is 6. The number of carbonyl (C=O) groups is 1. The molecule has 0 aliphatic heterocycles. The third-order valence-electron chi connectivity index (χ3n) is 9.27. The smallest absolute Gasteiger partial charge is 0.164 e. The summed E-state index contributed by atoms with van der Waals surface area (Å²) in [4.78, 5) is 13.2. The molecule has 0 bridgehead atoms. The fourth-order valence-corrected chi connectivity index (χ4v) is 7.53. The average molecular weight is 447 g/mol. The summed E-state index contributed by atoms with van der Waals surface area (Å²) in [5.74, 6) is 2.64. The van der Waals surface area contributed by atoms with Gasteiger partial charge in [-0.05, 0) is 98.0 Å². The Bertz CT molecular complexity index is 998. The van der Waals surface area contributed by atoms with Crippen LogP contribution in [0.15, 0.2) is 53.6 Å². The first-order valence-corrected chi connectivity index (χ1v) is 12.9. The molecule has 1 unspecified atom stereocenters. The normalized spacial score (nSPS) is 33.3. The lowest BCUT2D eigenvalue weighted by Gasteiger charge is -2.48. The quantitative estimate of drug-likeness (QED) is 0.565. The van der Waals surface area contributed by atoms with Crippen molar-refractivity contribution in [1.82, 2.24) is 0 Å². The Labute approximate surface area is 198 Å². The fourth-order valence-electron chi connectivity index (χ4n) is 7.53. The zero-order chi connectivity index (χ0) is 23.2. The van der Waals surface area contributed by atoms with E-state index < -0.39 is 5.41 Å². The molecule has 4 aliphatic carbocycles. The topological polar surface area (TPSA) is 57.5 Å². The molecule has 2 N–H and O–H groups in total. The zero-order valence-corrected chi connectivity index (χ0v) is 20.0. The summed E-state index contributed by atoms with van der Waals surface area (Å²) in [6.07, 6.45) is 11.0. The molecule has 3 nitrogen and oxygen atoms in total. The van der Waals surface area contributed by atoms with E-state index in [1.54, 1.807) is 5.57 Å². The highest BCUT2D eigenvalue weighted by Gasteiger charge is 2.49. The molecule has 5 atom stereocenters. The van der Waals surface area contributed by atoms with Gasteiger partial charge in [0, 0.05) is 12.5 Å². The van der Waals surface area contributed by atoms with Crippen molar-refractivity contribution >= 4 is 11.4 Å². The van der Waals surface area contributed by atoms with Gasteiger partial charge in [0.2, 0.25) is 0 Å². The van der Waals surface area contributed by atoms with Crippen LogP contribution in [0, 0.1) is 23.2 Å². The Morgan fingerprint density at radius 3 is 2.64 bits per heavy atom. The number of hydrogen-bond acceptors (Lipinski definition) is 3. The molecule has 176 valence electrons. The number of benzene rings is 1. The first-order chi connectivity index (χ1) is 16.0. The Balaban J connectivity index is 1.62. The van der Waals surface area contributed by atoms with Crippen LogP contribution in [0.5, 0.6) is 0 Å². The van der Waals surface area contributed by atoms with Gasteiger partial charge in [-0.1, -0.05) is 54.8 Å². The van der Waals surface area contributed by atoms with Crippen LogP contribution < -0.4 is 0 Å². The summed E-state index contributed by atoms with van der Waals surface area (Å²) in [6, 6.07) is 9.01. The zero-order valence-electron chi connectivity index (χ0n) is 20.0. The van der Waals surface area contributed by atoms with Crippen molar-refractivity contribution in [3.05, 3.63) is 64.8 Å². The van der Waals surface area contributed by atoms with Crippen LogP contribution in [0.3, 0.4) is 0 Å². The van der Waals surface area contributed by atoms with Crippen molar-refractivity contribution in [2.45, 2.75) is 70.6 Å². The van der Waals surface area contributed by atoms with Crippen LogP contribution in [-0.4, -0.2) is 29.2 Å². The molecule has 0 saturated heterocycles. The second kappa shape index (κ2) is 9.00. The summed E-state index contributed by atoms with van der Waals surface area (Å²) < 4.78 is 0. The van der Waals surface area contributed by atoms with E-state index in [-0.39, 0.29) is 19.0 Å². The van der Waals surface area contributed by atoms with Gasteiger partial charge < -0.3 is 10.2 Å². The van der Waals surface area contributed by atoms with Gasteiger partial charge in [0.15, 0.2) is 5.78 Å². The second-order valence-corrected chi connectivity index (χ2v) is 11.1. The van der Waals surface area contributed by atoms with Crippen LogP contribution in [0.4, 0.5) is 0 Å². The van der Waals surface area contributed by atoms with E-state index in [0.717, 1.165) is 30.3 Å². The van der Waals surface area contributed by atoms with Crippen molar-refractivity contribution in [1.29, 1.82) is 0 Å². The second-order valence-electron chi connectivity index (χ2n) is 11.1. The third-order valence-corrected chi connectivity index (χ3v) is 9.27. The summed E-state index contributed by atoms with van der Waals surface area (Å²) >= 11 is 0. The van der Waals surface area contributed by atoms with E-state index in [0.29, 0.717) is 31.1 Å². The molecule has 1 aromatic rings. The summed E-state index contributed by atoms with van der Waals surface area (Å²) in [7, 11) is 0. The van der Waals surface area contributed by atoms with Crippen molar-refractivity contribution in [3.63, 3.8) is 0 Å². The van der Waals surface area contributed by atoms with Crippen LogP contribution in [-0.2, 0) is 4.79 Å². The Kier molecular flexibility index (Phi) is 6.22. The monoisotopic (exact) mass is 446 g/mol. The van der Waals surface area contributed by atoms with E-state index in [2.05, 4.69) is 37.8 Å². The highest BCUT2D eigenvalue weighted by molar-refractivity contribution is 5.98. The third kappa shape index (κ3) is 3.88. The van der Waals surface area contributed by atoms with E-state index >= 15 is 0 Å². The lowest BCUT2D eigenvalue weighted by atomic mass is 9.56. The van der Waals surface area contributed by atoms with Crippen LogP contribution in [0.2, 0.25) is 0 Å². The summed E-state index contributed by atoms with van der Waals surface area (Å²) in [5.41, 5.74) is 7.08. The van der Waals surface area contributed by atoms with Crippen molar-refractivity contribution in [3.8, 4) is 0 Å². The molecule has 5 rings (SSSR count). The maximum absolute atomic E-state index is 13.2. The molecule has 0 radical (unpaired) electrons. The Hall–Kier alpha value is -1.97. The van der Waals surface area contributed by atoms with Gasteiger partial charge >= 0.3 is 0 Å². The van der Waals surface area contributed by atoms with Crippen LogP contribution in [0.1, 0.15) is 81.8 Å². The molecule has 0 amide bonds. The maximum atomic E-state index is 13.2. The first kappa shape index (κ1) is 22.8. The van der Waals surface area contributed by atoms with Gasteiger partial charge in [0.05, 0.1) is 12.0 Å². The summed E-state index contributed by atoms with van der Waals surface area (Å²) in [5, 5.41) is 19.8. The lowest BCUT2D eigenvalue weighted by Crippen LogP contribution is -2.41. The van der Waals surface area contributed by atoms with Crippen molar-refractivity contribution in [2.75, 3.05) is 13.2 Å². The van der Waals surface area contributed by atoms with Gasteiger partial charge in [-0.3, -0.25) is 4.79 Å². The number of ketones is 1. The summed E-state index contributed by atoms with van der Waals surface area (Å²) in [6.45, 7) is 6.07. The lowest BCUT2D eigenvalue weighted by molar-refractivity contribution is -0.127. The molecule has 4 aliphatic rings. The minimum atomic E-state index is -0.767. The number of hydrogen-bond donors (Lipinski definition) is 2. The minimum Gasteiger partial charge on any atom is -0.396 e. The highest BCUT2D eigenvalue weighted by Crippen LogP contribution is 2.60. The number of fused-ring (bicyclic) bond motifs is 4. The molecule has 2 fully saturated rings. The minimum absolute atomic E-state index is 0.0571. The molecule has 0 aromatic heterocycles. The largest absolute Gasteiger partial charge is 0.396 e. The molecule has 2 saturated carbocycles. The van der Waals surface area contributed by atoms with Gasteiger partial charge in [-0.15, -0.1) is 0 Å². The predicted molar refractivity (Wildman–Crippen MR) is 133 cm³/mol.